The van der Waals surface area contributed by atoms with Crippen LogP contribution in [0.1, 0.15) is 49.3 Å². The molecule has 8 heteroatoms. The molecule has 1 heterocycles. The monoisotopic (exact) mass is 468 g/mol. The number of carboxylic acids is 2. The standard InChI is InChI=1S/C16H10N2O.C11H10O5/c17-10-14-15(11-6-2-1-3-7-11)12-8-4-5-9-13(12)16(19)18-14;1-5-7(10(13)14)3-4-8(6(2)12)9(5)11(15)16/h1-9H,(H,18,19);3-4H,1-2H3,(H,13,14)(H,15,16). The number of carboxylic acid groups (broad SMARTS) is 2. The highest BCUT2D eigenvalue weighted by Gasteiger charge is 2.21. The fourth-order valence-corrected chi connectivity index (χ4v) is 3.78. The van der Waals surface area contributed by atoms with Gasteiger partial charge in [0.25, 0.3) is 5.56 Å². The molecule has 35 heavy (non-hydrogen) atoms. The molecule has 0 amide bonds. The Balaban J connectivity index is 0.000000199. The fraction of sp³-hybridized carbons (Fsp3) is 0.0741. The number of ketones is 1. The van der Waals surface area contributed by atoms with Gasteiger partial charge in [0, 0.05) is 16.5 Å². The highest BCUT2D eigenvalue weighted by molar-refractivity contribution is 6.07. The number of nitrogens with one attached hydrogen (secondary N) is 1. The van der Waals surface area contributed by atoms with E-state index in [1.807, 2.05) is 48.5 Å². The van der Waals surface area contributed by atoms with Crippen LogP contribution in [0.3, 0.4) is 0 Å². The van der Waals surface area contributed by atoms with Gasteiger partial charge in [0.15, 0.2) is 5.78 Å². The smallest absolute Gasteiger partial charge is 0.336 e. The summed E-state index contributed by atoms with van der Waals surface area (Å²) in [6.45, 7) is 2.61. The van der Waals surface area contributed by atoms with E-state index in [4.69, 9.17) is 10.2 Å². The first-order valence-corrected chi connectivity index (χ1v) is 10.4. The molecule has 0 atom stereocenters. The van der Waals surface area contributed by atoms with Crippen LogP contribution in [0.5, 0.6) is 0 Å². The molecule has 1 aromatic heterocycles. The first kappa shape index (κ1) is 24.6. The number of aromatic carboxylic acids is 2. The number of rotatable bonds is 4. The molecule has 0 saturated carbocycles. The zero-order chi connectivity index (χ0) is 25.7. The molecule has 0 saturated heterocycles. The second kappa shape index (κ2) is 10.3. The number of Topliss-reactive ketones (excluding diaryl/α,β-unsaturated/α-hetero) is 1. The lowest BCUT2D eigenvalue weighted by atomic mass is 9.95. The number of fused-ring (bicyclic) bond motifs is 1. The summed E-state index contributed by atoms with van der Waals surface area (Å²) in [5, 5.41) is 28.4. The molecule has 0 bridgehead atoms. The Morgan fingerprint density at radius 1 is 0.829 bits per heavy atom. The first-order valence-electron chi connectivity index (χ1n) is 10.4. The molecule has 0 aliphatic rings. The molecule has 4 rings (SSSR count). The maximum absolute atomic E-state index is 11.9. The number of pyridine rings is 1. The van der Waals surface area contributed by atoms with Crippen LogP contribution in [0, 0.1) is 18.3 Å². The van der Waals surface area contributed by atoms with Crippen LogP contribution >= 0.6 is 0 Å². The molecule has 4 aromatic rings. The third-order valence-electron chi connectivity index (χ3n) is 5.39. The summed E-state index contributed by atoms with van der Waals surface area (Å²) >= 11 is 0. The van der Waals surface area contributed by atoms with Crippen LogP contribution in [0.4, 0.5) is 0 Å². The van der Waals surface area contributed by atoms with E-state index in [2.05, 4.69) is 11.1 Å². The normalized spacial score (nSPS) is 10.1. The van der Waals surface area contributed by atoms with Crippen molar-refractivity contribution in [2.75, 3.05) is 0 Å². The largest absolute Gasteiger partial charge is 0.478 e. The summed E-state index contributed by atoms with van der Waals surface area (Å²) < 4.78 is 0. The second-order valence-electron chi connectivity index (χ2n) is 7.55. The Morgan fingerprint density at radius 2 is 1.40 bits per heavy atom. The Morgan fingerprint density at radius 3 is 1.94 bits per heavy atom. The summed E-state index contributed by atoms with van der Waals surface area (Å²) in [5.41, 5.74) is 1.53. The maximum atomic E-state index is 11.9. The van der Waals surface area contributed by atoms with Crippen molar-refractivity contribution in [1.82, 2.24) is 4.98 Å². The summed E-state index contributed by atoms with van der Waals surface area (Å²) in [7, 11) is 0. The molecule has 0 aliphatic heterocycles. The zero-order valence-corrected chi connectivity index (χ0v) is 18.8. The quantitative estimate of drug-likeness (QED) is 0.369. The van der Waals surface area contributed by atoms with Gasteiger partial charge in [0.05, 0.1) is 11.1 Å². The summed E-state index contributed by atoms with van der Waals surface area (Å²) in [5.74, 6) is -2.92. The SMILES string of the molecule is CC(=O)c1ccc(C(=O)O)c(C)c1C(=O)O.N#Cc1[nH]c(=O)c2ccccc2c1-c1ccccc1. The van der Waals surface area contributed by atoms with Crippen molar-refractivity contribution in [2.24, 2.45) is 0 Å². The summed E-state index contributed by atoms with van der Waals surface area (Å²) in [4.78, 5) is 47.6. The van der Waals surface area contributed by atoms with Crippen LogP contribution < -0.4 is 5.56 Å². The Bertz CT molecular complexity index is 1560. The molecular weight excluding hydrogens is 448 g/mol. The van der Waals surface area contributed by atoms with E-state index in [0.29, 0.717) is 11.1 Å². The van der Waals surface area contributed by atoms with Crippen molar-refractivity contribution in [2.45, 2.75) is 13.8 Å². The van der Waals surface area contributed by atoms with Crippen molar-refractivity contribution in [3.05, 3.63) is 105 Å². The number of aromatic nitrogens is 1. The van der Waals surface area contributed by atoms with E-state index in [0.717, 1.165) is 16.5 Å². The molecule has 0 fully saturated rings. The van der Waals surface area contributed by atoms with E-state index in [-0.39, 0.29) is 27.8 Å². The number of H-pyrrole nitrogens is 1. The number of hydrogen-bond donors (Lipinski definition) is 3. The van der Waals surface area contributed by atoms with Crippen LogP contribution in [0.15, 0.2) is 71.5 Å². The Kier molecular flexibility index (Phi) is 7.22. The highest BCUT2D eigenvalue weighted by atomic mass is 16.4. The average Bonchev–Trinajstić information content (AvgIpc) is 2.84. The van der Waals surface area contributed by atoms with Crippen LogP contribution in [0.25, 0.3) is 21.9 Å². The number of nitriles is 1. The third-order valence-corrected chi connectivity index (χ3v) is 5.39. The third kappa shape index (κ3) is 4.99. The van der Waals surface area contributed by atoms with Crippen molar-refractivity contribution in [3.8, 4) is 17.2 Å². The van der Waals surface area contributed by atoms with E-state index >= 15 is 0 Å². The van der Waals surface area contributed by atoms with Gasteiger partial charge in [-0.3, -0.25) is 9.59 Å². The maximum Gasteiger partial charge on any atom is 0.336 e. The number of carbonyl (C=O) groups is 3. The minimum Gasteiger partial charge on any atom is -0.478 e. The van der Waals surface area contributed by atoms with Crippen molar-refractivity contribution in [1.29, 1.82) is 5.26 Å². The fourth-order valence-electron chi connectivity index (χ4n) is 3.78. The van der Waals surface area contributed by atoms with E-state index in [1.165, 1.54) is 26.0 Å². The molecule has 0 spiro atoms. The molecular formula is C27H20N2O6. The molecule has 8 nitrogen and oxygen atoms in total. The van der Waals surface area contributed by atoms with Crippen molar-refractivity contribution >= 4 is 28.5 Å². The van der Waals surface area contributed by atoms with E-state index in [9.17, 15) is 24.4 Å². The minimum absolute atomic E-state index is 0.0231. The number of aromatic amines is 1. The number of carbonyl (C=O) groups excluding carboxylic acids is 1. The second-order valence-corrected chi connectivity index (χ2v) is 7.55. The molecule has 174 valence electrons. The van der Waals surface area contributed by atoms with Gasteiger partial charge in [-0.2, -0.15) is 5.26 Å². The van der Waals surface area contributed by atoms with Gasteiger partial charge in [-0.05, 0) is 48.6 Å². The molecule has 0 unspecified atom stereocenters. The van der Waals surface area contributed by atoms with E-state index in [1.54, 1.807) is 6.07 Å². The van der Waals surface area contributed by atoms with Crippen LogP contribution in [-0.4, -0.2) is 32.9 Å². The first-order chi connectivity index (χ1) is 16.7. The van der Waals surface area contributed by atoms with Gasteiger partial charge in [-0.1, -0.05) is 48.5 Å². The number of benzene rings is 3. The molecule has 3 aromatic carbocycles. The number of hydrogen-bond acceptors (Lipinski definition) is 5. The highest BCUT2D eigenvalue weighted by Crippen LogP contribution is 2.28. The molecule has 0 aliphatic carbocycles. The summed E-state index contributed by atoms with van der Waals surface area (Å²) in [6.07, 6.45) is 0. The lowest BCUT2D eigenvalue weighted by Gasteiger charge is -2.08. The van der Waals surface area contributed by atoms with Crippen LogP contribution in [0.2, 0.25) is 0 Å². The molecule has 3 N–H and O–H groups in total. The zero-order valence-electron chi connectivity index (χ0n) is 18.8. The van der Waals surface area contributed by atoms with E-state index < -0.39 is 17.7 Å². The van der Waals surface area contributed by atoms with Crippen molar-refractivity contribution < 1.29 is 24.6 Å². The predicted molar refractivity (Wildman–Crippen MR) is 130 cm³/mol. The summed E-state index contributed by atoms with van der Waals surface area (Å²) in [6, 6.07) is 21.5. The van der Waals surface area contributed by atoms with Gasteiger partial charge in [0.2, 0.25) is 0 Å². The number of nitrogens with zero attached hydrogens (tertiary/aromatic N) is 1. The lowest BCUT2D eigenvalue weighted by molar-refractivity contribution is 0.0691. The molecule has 0 radical (unpaired) electrons. The minimum atomic E-state index is -1.30. The Hall–Kier alpha value is -5.03. The van der Waals surface area contributed by atoms with Gasteiger partial charge >= 0.3 is 11.9 Å². The van der Waals surface area contributed by atoms with Crippen molar-refractivity contribution in [3.63, 3.8) is 0 Å². The average molecular weight is 468 g/mol. The van der Waals surface area contributed by atoms with Gasteiger partial charge < -0.3 is 15.2 Å². The topological polar surface area (TPSA) is 148 Å². The Labute approximate surface area is 199 Å². The van der Waals surface area contributed by atoms with Gasteiger partial charge in [-0.25, -0.2) is 9.59 Å². The van der Waals surface area contributed by atoms with Crippen LogP contribution in [-0.2, 0) is 0 Å². The van der Waals surface area contributed by atoms with Gasteiger partial charge in [0.1, 0.15) is 11.8 Å². The lowest BCUT2D eigenvalue weighted by Crippen LogP contribution is -2.12. The predicted octanol–water partition coefficient (Wildman–Crippen LogP) is 4.66. The van der Waals surface area contributed by atoms with Gasteiger partial charge in [-0.15, -0.1) is 0 Å².